The van der Waals surface area contributed by atoms with Gasteiger partial charge in [-0.15, -0.1) is 12.4 Å². The lowest BCUT2D eigenvalue weighted by Crippen LogP contribution is -2.21. The Kier molecular flexibility index (Phi) is 9.88. The predicted octanol–water partition coefficient (Wildman–Crippen LogP) is 6.10. The van der Waals surface area contributed by atoms with Crippen LogP contribution in [0.3, 0.4) is 0 Å². The van der Waals surface area contributed by atoms with E-state index in [1.807, 2.05) is 30.3 Å². The molecule has 0 aliphatic heterocycles. The van der Waals surface area contributed by atoms with E-state index in [1.54, 1.807) is 24.3 Å². The Morgan fingerprint density at radius 2 is 1.65 bits per heavy atom. The molecule has 164 valence electrons. The zero-order chi connectivity index (χ0) is 21.3. The average Bonchev–Trinajstić information content (AvgIpc) is 2.74. The molecule has 0 aliphatic rings. The van der Waals surface area contributed by atoms with Crippen molar-refractivity contribution in [2.45, 2.75) is 13.2 Å². The molecule has 31 heavy (non-hydrogen) atoms. The summed E-state index contributed by atoms with van der Waals surface area (Å²) in [4.78, 5) is 10.2. The number of ether oxygens (including phenoxy) is 1. The lowest BCUT2D eigenvalue weighted by molar-refractivity contribution is -0.384. The van der Waals surface area contributed by atoms with Crippen molar-refractivity contribution in [1.29, 1.82) is 0 Å². The van der Waals surface area contributed by atoms with Crippen molar-refractivity contribution in [3.8, 4) is 5.75 Å². The number of nitro benzene ring substituents is 1. The van der Waals surface area contributed by atoms with E-state index in [2.05, 4.69) is 10.6 Å². The quantitative estimate of drug-likeness (QED) is 0.207. The van der Waals surface area contributed by atoms with Gasteiger partial charge in [0.15, 0.2) is 0 Å². The Bertz CT molecular complexity index is 984. The second kappa shape index (κ2) is 12.4. The minimum absolute atomic E-state index is 0. The summed E-state index contributed by atoms with van der Waals surface area (Å²) in [7, 11) is 0. The van der Waals surface area contributed by atoms with Crippen LogP contribution in [0.15, 0.2) is 66.7 Å². The summed E-state index contributed by atoms with van der Waals surface area (Å²) in [6, 6.07) is 19.6. The van der Waals surface area contributed by atoms with Crippen LogP contribution in [0.25, 0.3) is 0 Å². The standard InChI is InChI=1S/C22H21Cl2N3O3.ClH/c23-18-4-3-17(22(24)13-18)15-30-21-9-1-16(2-10-21)14-25-11-12-26-19-5-7-20(8-6-19)27(28)29;/h1-10,13,25-26H,11-12,14-15H2;1H. The van der Waals surface area contributed by atoms with Crippen LogP contribution in [0.5, 0.6) is 5.75 Å². The van der Waals surface area contributed by atoms with Crippen LogP contribution in [-0.4, -0.2) is 18.0 Å². The number of anilines is 1. The van der Waals surface area contributed by atoms with E-state index in [1.165, 1.54) is 12.1 Å². The minimum atomic E-state index is -0.408. The highest BCUT2D eigenvalue weighted by molar-refractivity contribution is 6.35. The fraction of sp³-hybridized carbons (Fsp3) is 0.182. The third-order valence-corrected chi connectivity index (χ3v) is 4.96. The smallest absolute Gasteiger partial charge is 0.269 e. The topological polar surface area (TPSA) is 76.4 Å². The van der Waals surface area contributed by atoms with Crippen LogP contribution < -0.4 is 15.4 Å². The van der Waals surface area contributed by atoms with Gasteiger partial charge in [-0.3, -0.25) is 10.1 Å². The first-order chi connectivity index (χ1) is 14.5. The van der Waals surface area contributed by atoms with Crippen LogP contribution in [0.2, 0.25) is 10.0 Å². The Morgan fingerprint density at radius 3 is 2.29 bits per heavy atom. The predicted molar refractivity (Wildman–Crippen MR) is 128 cm³/mol. The second-order valence-electron chi connectivity index (χ2n) is 6.58. The Labute approximate surface area is 197 Å². The first kappa shape index (κ1) is 24.8. The number of rotatable bonds is 10. The molecule has 0 fully saturated rings. The first-order valence-corrected chi connectivity index (χ1v) is 10.1. The molecule has 3 aromatic rings. The van der Waals surface area contributed by atoms with Crippen molar-refractivity contribution in [2.75, 3.05) is 18.4 Å². The molecular weight excluding hydrogens is 461 g/mol. The maximum atomic E-state index is 10.7. The summed E-state index contributed by atoms with van der Waals surface area (Å²) in [6.45, 7) is 2.57. The van der Waals surface area contributed by atoms with Crippen molar-refractivity contribution in [3.63, 3.8) is 0 Å². The number of nitrogens with zero attached hydrogens (tertiary/aromatic N) is 1. The molecule has 0 bridgehead atoms. The maximum absolute atomic E-state index is 10.7. The third kappa shape index (κ3) is 7.92. The molecule has 0 radical (unpaired) electrons. The maximum Gasteiger partial charge on any atom is 0.269 e. The highest BCUT2D eigenvalue weighted by atomic mass is 35.5. The number of nitro groups is 1. The van der Waals surface area contributed by atoms with Gasteiger partial charge in [0.25, 0.3) is 5.69 Å². The van der Waals surface area contributed by atoms with Gasteiger partial charge in [-0.25, -0.2) is 0 Å². The van der Waals surface area contributed by atoms with E-state index < -0.39 is 4.92 Å². The van der Waals surface area contributed by atoms with Gasteiger partial charge in [-0.2, -0.15) is 0 Å². The largest absolute Gasteiger partial charge is 0.489 e. The van der Waals surface area contributed by atoms with Crippen LogP contribution in [0, 0.1) is 10.1 Å². The van der Waals surface area contributed by atoms with E-state index in [4.69, 9.17) is 27.9 Å². The van der Waals surface area contributed by atoms with Gasteiger partial charge in [0, 0.05) is 53.1 Å². The number of nitrogens with one attached hydrogen (secondary N) is 2. The normalized spacial score (nSPS) is 10.3. The van der Waals surface area contributed by atoms with Gasteiger partial charge in [0.1, 0.15) is 12.4 Å². The SMILES string of the molecule is Cl.O=[N+]([O-])c1ccc(NCCNCc2ccc(OCc3ccc(Cl)cc3Cl)cc2)cc1. The fourth-order valence-corrected chi connectivity index (χ4v) is 3.20. The number of non-ortho nitro benzene ring substituents is 1. The summed E-state index contributed by atoms with van der Waals surface area (Å²) in [6.07, 6.45) is 0. The number of benzene rings is 3. The minimum Gasteiger partial charge on any atom is -0.489 e. The van der Waals surface area contributed by atoms with Crippen molar-refractivity contribution in [1.82, 2.24) is 5.32 Å². The van der Waals surface area contributed by atoms with Crippen LogP contribution in [0.4, 0.5) is 11.4 Å². The molecule has 0 saturated carbocycles. The van der Waals surface area contributed by atoms with E-state index in [0.29, 0.717) is 23.2 Å². The molecule has 0 heterocycles. The molecule has 2 N–H and O–H groups in total. The lowest BCUT2D eigenvalue weighted by atomic mass is 10.2. The van der Waals surface area contributed by atoms with E-state index in [9.17, 15) is 10.1 Å². The molecule has 0 unspecified atom stereocenters. The van der Waals surface area contributed by atoms with Crippen molar-refractivity contribution < 1.29 is 9.66 Å². The van der Waals surface area contributed by atoms with E-state index >= 15 is 0 Å². The van der Waals surface area contributed by atoms with Crippen LogP contribution in [0.1, 0.15) is 11.1 Å². The molecule has 0 atom stereocenters. The molecule has 0 saturated heterocycles. The monoisotopic (exact) mass is 481 g/mol. The summed E-state index contributed by atoms with van der Waals surface area (Å²) in [5.41, 5.74) is 2.96. The summed E-state index contributed by atoms with van der Waals surface area (Å²) in [5, 5.41) is 18.4. The average molecular weight is 483 g/mol. The first-order valence-electron chi connectivity index (χ1n) is 9.36. The Hall–Kier alpha value is -2.51. The molecule has 0 spiro atoms. The molecule has 0 aliphatic carbocycles. The Balaban J connectivity index is 0.00000341. The molecule has 0 amide bonds. The third-order valence-electron chi connectivity index (χ3n) is 4.37. The molecule has 6 nitrogen and oxygen atoms in total. The van der Waals surface area contributed by atoms with Crippen LogP contribution >= 0.6 is 35.6 Å². The number of hydrogen-bond donors (Lipinski definition) is 2. The van der Waals surface area contributed by atoms with Crippen molar-refractivity contribution in [2.24, 2.45) is 0 Å². The number of hydrogen-bond acceptors (Lipinski definition) is 5. The zero-order valence-electron chi connectivity index (χ0n) is 16.5. The molecule has 3 rings (SSSR count). The summed E-state index contributed by atoms with van der Waals surface area (Å²) >= 11 is 12.1. The van der Waals surface area contributed by atoms with Gasteiger partial charge < -0.3 is 15.4 Å². The van der Waals surface area contributed by atoms with Gasteiger partial charge in [-0.05, 0) is 42.0 Å². The van der Waals surface area contributed by atoms with Gasteiger partial charge >= 0.3 is 0 Å². The van der Waals surface area contributed by atoms with Gasteiger partial charge in [-0.1, -0.05) is 41.4 Å². The molecule has 3 aromatic carbocycles. The fourth-order valence-electron chi connectivity index (χ4n) is 2.73. The highest BCUT2D eigenvalue weighted by Crippen LogP contribution is 2.23. The van der Waals surface area contributed by atoms with E-state index in [-0.39, 0.29) is 18.1 Å². The van der Waals surface area contributed by atoms with Crippen molar-refractivity contribution >= 4 is 47.0 Å². The second-order valence-corrected chi connectivity index (χ2v) is 7.42. The van der Waals surface area contributed by atoms with Gasteiger partial charge in [0.2, 0.25) is 0 Å². The van der Waals surface area contributed by atoms with E-state index in [0.717, 1.165) is 35.7 Å². The summed E-state index contributed by atoms with van der Waals surface area (Å²) < 4.78 is 5.78. The Morgan fingerprint density at radius 1 is 0.935 bits per heavy atom. The zero-order valence-corrected chi connectivity index (χ0v) is 18.8. The molecule has 0 aromatic heterocycles. The molecule has 9 heteroatoms. The molecular formula is C22H22Cl3N3O3. The van der Waals surface area contributed by atoms with Gasteiger partial charge in [0.05, 0.1) is 4.92 Å². The number of halogens is 3. The lowest BCUT2D eigenvalue weighted by Gasteiger charge is -2.10. The highest BCUT2D eigenvalue weighted by Gasteiger charge is 2.04. The summed E-state index contributed by atoms with van der Waals surface area (Å²) in [5.74, 6) is 0.768. The van der Waals surface area contributed by atoms with Crippen molar-refractivity contribution in [3.05, 3.63) is 98.0 Å². The van der Waals surface area contributed by atoms with Crippen LogP contribution in [-0.2, 0) is 13.2 Å².